The highest BCUT2D eigenvalue weighted by Gasteiger charge is 2.23. The van der Waals surface area contributed by atoms with Gasteiger partial charge in [-0.2, -0.15) is 0 Å². The van der Waals surface area contributed by atoms with Crippen LogP contribution >= 0.6 is 0 Å². The molecule has 0 saturated carbocycles. The van der Waals surface area contributed by atoms with Gasteiger partial charge < -0.3 is 5.32 Å². The van der Waals surface area contributed by atoms with E-state index >= 15 is 0 Å². The number of amides is 3. The van der Waals surface area contributed by atoms with Crippen LogP contribution in [0.25, 0.3) is 21.9 Å². The van der Waals surface area contributed by atoms with E-state index in [1.165, 1.54) is 15.7 Å². The Bertz CT molecular complexity index is 1280. The summed E-state index contributed by atoms with van der Waals surface area (Å²) in [6.45, 7) is 4.30. The topological polar surface area (TPSA) is 49.4 Å². The molecule has 0 aromatic heterocycles. The Morgan fingerprint density at radius 3 is 2.26 bits per heavy atom. The molecular weight excluding hydrogens is 420 g/mol. The molecule has 0 aliphatic heterocycles. The van der Waals surface area contributed by atoms with E-state index in [1.807, 2.05) is 74.5 Å². The normalized spacial score (nSPS) is 11.7. The minimum absolute atomic E-state index is 0.114. The first-order chi connectivity index (χ1) is 16.5. The van der Waals surface area contributed by atoms with Gasteiger partial charge in [0.1, 0.15) is 0 Å². The largest absolute Gasteiger partial charge is 0.335 e. The third-order valence-electron chi connectivity index (χ3n) is 5.88. The average Bonchev–Trinajstić information content (AvgIpc) is 2.87. The molecule has 0 radical (unpaired) electrons. The van der Waals surface area contributed by atoms with Crippen molar-refractivity contribution in [2.45, 2.75) is 32.7 Å². The maximum atomic E-state index is 13.3. The third-order valence-corrected chi connectivity index (χ3v) is 5.88. The number of nitrogens with one attached hydrogen (secondary N) is 1. The number of carbonyl (C=O) groups excluding carboxylic acids is 2. The lowest BCUT2D eigenvalue weighted by Crippen LogP contribution is -2.47. The quantitative estimate of drug-likeness (QED) is 0.341. The van der Waals surface area contributed by atoms with E-state index in [9.17, 15) is 9.59 Å². The van der Waals surface area contributed by atoms with Gasteiger partial charge in [0, 0.05) is 18.2 Å². The SMILES string of the molecule is CCCN(C(=O)NC(C)Cc1ccc2ccccc2c1)C(=O)c1cccc(-c2ccccc2)c1. The maximum absolute atomic E-state index is 13.3. The van der Waals surface area contributed by atoms with Crippen molar-refractivity contribution in [1.82, 2.24) is 10.2 Å². The summed E-state index contributed by atoms with van der Waals surface area (Å²) in [6, 6.07) is 31.5. The molecule has 3 amide bonds. The highest BCUT2D eigenvalue weighted by atomic mass is 16.2. The molecule has 0 aliphatic carbocycles. The minimum atomic E-state index is -0.356. The minimum Gasteiger partial charge on any atom is -0.335 e. The molecule has 1 unspecified atom stereocenters. The summed E-state index contributed by atoms with van der Waals surface area (Å²) < 4.78 is 0. The first-order valence-electron chi connectivity index (χ1n) is 11.8. The average molecular weight is 451 g/mol. The second kappa shape index (κ2) is 10.8. The standard InChI is InChI=1S/C30H30N2O2/c1-3-18-32(29(33)28-15-9-14-27(21-28)24-10-5-4-6-11-24)30(34)31-22(2)19-23-16-17-25-12-7-8-13-26(25)20-23/h4-17,20-22H,3,18-19H2,1-2H3,(H,31,34). The van der Waals surface area contributed by atoms with Gasteiger partial charge in [0.15, 0.2) is 0 Å². The number of carbonyl (C=O) groups is 2. The molecule has 1 atom stereocenters. The van der Waals surface area contributed by atoms with Crippen LogP contribution in [0.3, 0.4) is 0 Å². The van der Waals surface area contributed by atoms with Crippen molar-refractivity contribution < 1.29 is 9.59 Å². The number of benzene rings is 4. The zero-order valence-corrected chi connectivity index (χ0v) is 19.7. The van der Waals surface area contributed by atoms with Crippen molar-refractivity contribution in [2.24, 2.45) is 0 Å². The zero-order chi connectivity index (χ0) is 23.9. The van der Waals surface area contributed by atoms with E-state index in [2.05, 4.69) is 35.6 Å². The van der Waals surface area contributed by atoms with Crippen LogP contribution in [0.2, 0.25) is 0 Å². The predicted octanol–water partition coefficient (Wildman–Crippen LogP) is 6.70. The van der Waals surface area contributed by atoms with Gasteiger partial charge in [-0.1, -0.05) is 91.9 Å². The predicted molar refractivity (Wildman–Crippen MR) is 139 cm³/mol. The molecule has 172 valence electrons. The molecule has 0 fully saturated rings. The third kappa shape index (κ3) is 5.52. The number of imide groups is 1. The lowest BCUT2D eigenvalue weighted by molar-refractivity contribution is 0.0798. The highest BCUT2D eigenvalue weighted by molar-refractivity contribution is 6.04. The van der Waals surface area contributed by atoms with Crippen LogP contribution in [0.5, 0.6) is 0 Å². The van der Waals surface area contributed by atoms with Crippen molar-refractivity contribution >= 4 is 22.7 Å². The molecule has 0 bridgehead atoms. The molecule has 4 heteroatoms. The summed E-state index contributed by atoms with van der Waals surface area (Å²) in [7, 11) is 0. The molecule has 4 nitrogen and oxygen atoms in total. The van der Waals surface area contributed by atoms with Crippen LogP contribution in [-0.2, 0) is 6.42 Å². The monoisotopic (exact) mass is 450 g/mol. The van der Waals surface area contributed by atoms with Gasteiger partial charge in [0.05, 0.1) is 0 Å². The van der Waals surface area contributed by atoms with E-state index in [4.69, 9.17) is 0 Å². The lowest BCUT2D eigenvalue weighted by Gasteiger charge is -2.24. The number of nitrogens with zero attached hydrogens (tertiary/aromatic N) is 1. The van der Waals surface area contributed by atoms with Crippen LogP contribution < -0.4 is 5.32 Å². The van der Waals surface area contributed by atoms with Gasteiger partial charge in [-0.25, -0.2) is 4.79 Å². The zero-order valence-electron chi connectivity index (χ0n) is 19.7. The molecule has 4 rings (SSSR count). The molecule has 34 heavy (non-hydrogen) atoms. The van der Waals surface area contributed by atoms with E-state index < -0.39 is 0 Å². The number of fused-ring (bicyclic) bond motifs is 1. The van der Waals surface area contributed by atoms with Crippen LogP contribution in [0.15, 0.2) is 97.1 Å². The van der Waals surface area contributed by atoms with Crippen molar-refractivity contribution in [2.75, 3.05) is 6.54 Å². The number of hydrogen-bond donors (Lipinski definition) is 1. The summed E-state index contributed by atoms with van der Waals surface area (Å²) >= 11 is 0. The van der Waals surface area contributed by atoms with E-state index in [0.29, 0.717) is 24.9 Å². The molecule has 1 N–H and O–H groups in total. The smallest absolute Gasteiger partial charge is 0.324 e. The molecule has 0 heterocycles. The van der Waals surface area contributed by atoms with Gasteiger partial charge in [0.2, 0.25) is 0 Å². The highest BCUT2D eigenvalue weighted by Crippen LogP contribution is 2.21. The summed E-state index contributed by atoms with van der Waals surface area (Å²) in [5, 5.41) is 5.40. The van der Waals surface area contributed by atoms with Crippen LogP contribution in [0.1, 0.15) is 36.2 Å². The van der Waals surface area contributed by atoms with E-state index in [-0.39, 0.29) is 18.0 Å². The summed E-state index contributed by atoms with van der Waals surface area (Å²) in [6.07, 6.45) is 1.38. The molecular formula is C30H30N2O2. The van der Waals surface area contributed by atoms with Crippen molar-refractivity contribution in [3.63, 3.8) is 0 Å². The summed E-state index contributed by atoms with van der Waals surface area (Å²) in [4.78, 5) is 27.7. The molecule has 0 saturated heterocycles. The number of rotatable bonds is 7. The number of urea groups is 1. The van der Waals surface area contributed by atoms with E-state index in [0.717, 1.165) is 16.7 Å². The van der Waals surface area contributed by atoms with Gasteiger partial charge in [0.25, 0.3) is 5.91 Å². The first-order valence-corrected chi connectivity index (χ1v) is 11.8. The van der Waals surface area contributed by atoms with E-state index in [1.54, 1.807) is 6.07 Å². The molecule has 4 aromatic carbocycles. The first kappa shape index (κ1) is 23.2. The van der Waals surface area contributed by atoms with Crippen LogP contribution in [0, 0.1) is 0 Å². The van der Waals surface area contributed by atoms with Crippen LogP contribution in [0.4, 0.5) is 4.79 Å². The van der Waals surface area contributed by atoms with Gasteiger partial charge in [-0.3, -0.25) is 9.69 Å². The molecule has 4 aromatic rings. The Kier molecular flexibility index (Phi) is 7.38. The Labute approximate surface area is 201 Å². The van der Waals surface area contributed by atoms with Crippen molar-refractivity contribution in [1.29, 1.82) is 0 Å². The molecule has 0 aliphatic rings. The van der Waals surface area contributed by atoms with Crippen LogP contribution in [-0.4, -0.2) is 29.4 Å². The fourth-order valence-corrected chi connectivity index (χ4v) is 4.20. The Morgan fingerprint density at radius 1 is 0.794 bits per heavy atom. The Hall–Kier alpha value is -3.92. The lowest BCUT2D eigenvalue weighted by atomic mass is 10.0. The van der Waals surface area contributed by atoms with Gasteiger partial charge in [-0.15, -0.1) is 0 Å². The fourth-order valence-electron chi connectivity index (χ4n) is 4.20. The number of hydrogen-bond acceptors (Lipinski definition) is 2. The van der Waals surface area contributed by atoms with Gasteiger partial charge in [-0.05, 0) is 59.4 Å². The fraction of sp³-hybridized carbons (Fsp3) is 0.200. The second-order valence-electron chi connectivity index (χ2n) is 8.64. The Balaban J connectivity index is 1.46. The maximum Gasteiger partial charge on any atom is 0.324 e. The second-order valence-corrected chi connectivity index (χ2v) is 8.64. The Morgan fingerprint density at radius 2 is 1.50 bits per heavy atom. The van der Waals surface area contributed by atoms with Crippen molar-refractivity contribution in [3.05, 3.63) is 108 Å². The summed E-state index contributed by atoms with van der Waals surface area (Å²) in [5.41, 5.74) is 3.64. The van der Waals surface area contributed by atoms with Gasteiger partial charge >= 0.3 is 6.03 Å². The summed E-state index contributed by atoms with van der Waals surface area (Å²) in [5.74, 6) is -0.282. The van der Waals surface area contributed by atoms with Crippen molar-refractivity contribution in [3.8, 4) is 11.1 Å². The molecule has 0 spiro atoms.